The lowest BCUT2D eigenvalue weighted by molar-refractivity contribution is 0.107. The molecule has 1 saturated carbocycles. The number of aliphatic hydroxyl groups excluding tert-OH is 1. The summed E-state index contributed by atoms with van der Waals surface area (Å²) in [7, 11) is 0. The highest BCUT2D eigenvalue weighted by Gasteiger charge is 2.26. The molecule has 2 atom stereocenters. The van der Waals surface area contributed by atoms with Gasteiger partial charge in [0.2, 0.25) is 0 Å². The molecule has 0 aliphatic heterocycles. The van der Waals surface area contributed by atoms with E-state index in [0.29, 0.717) is 0 Å². The van der Waals surface area contributed by atoms with Gasteiger partial charge in [-0.2, -0.15) is 0 Å². The Kier molecular flexibility index (Phi) is 3.00. The third-order valence-electron chi connectivity index (χ3n) is 3.87. The molecule has 0 unspecified atom stereocenters. The summed E-state index contributed by atoms with van der Waals surface area (Å²) < 4.78 is 13.4. The Morgan fingerprint density at radius 1 is 1.17 bits per heavy atom. The van der Waals surface area contributed by atoms with E-state index in [1.807, 2.05) is 6.07 Å². The number of hydrogen-bond donors (Lipinski definition) is 1. The van der Waals surface area contributed by atoms with Gasteiger partial charge < -0.3 is 5.11 Å². The average molecular weight is 245 g/mol. The number of aromatic nitrogens is 1. The first-order valence-electron chi connectivity index (χ1n) is 6.48. The number of rotatable bonds is 1. The zero-order valence-corrected chi connectivity index (χ0v) is 10.1. The lowest BCUT2D eigenvalue weighted by Gasteiger charge is -2.28. The third kappa shape index (κ3) is 1.99. The minimum Gasteiger partial charge on any atom is -0.392 e. The number of benzene rings is 1. The molecule has 1 aromatic carbocycles. The van der Waals surface area contributed by atoms with Crippen molar-refractivity contribution in [1.82, 2.24) is 4.98 Å². The van der Waals surface area contributed by atoms with E-state index in [9.17, 15) is 9.50 Å². The van der Waals surface area contributed by atoms with Crippen LogP contribution < -0.4 is 0 Å². The third-order valence-corrected chi connectivity index (χ3v) is 3.87. The molecule has 94 valence electrons. The highest BCUT2D eigenvalue weighted by atomic mass is 19.1. The van der Waals surface area contributed by atoms with E-state index in [-0.39, 0.29) is 17.8 Å². The van der Waals surface area contributed by atoms with Crippen LogP contribution in [0.25, 0.3) is 10.9 Å². The zero-order valence-electron chi connectivity index (χ0n) is 10.1. The van der Waals surface area contributed by atoms with Crippen LogP contribution in [0.3, 0.4) is 0 Å². The summed E-state index contributed by atoms with van der Waals surface area (Å²) in [6.45, 7) is 0. The standard InChI is InChI=1S/C15H16FNO/c16-10-5-6-14-13(9-10)11(7-8-17-14)12-3-1-2-4-15(12)18/h5-9,12,15,18H,1-4H2/t12-,15-/m1/s1. The molecule has 18 heavy (non-hydrogen) atoms. The van der Waals surface area contributed by atoms with Crippen molar-refractivity contribution in [3.63, 3.8) is 0 Å². The second-order valence-corrected chi connectivity index (χ2v) is 5.02. The minimum absolute atomic E-state index is 0.117. The molecule has 1 heterocycles. The number of aliphatic hydroxyl groups is 1. The molecule has 1 aromatic heterocycles. The van der Waals surface area contributed by atoms with E-state index >= 15 is 0 Å². The average Bonchev–Trinajstić information content (AvgIpc) is 2.39. The molecule has 0 bridgehead atoms. The summed E-state index contributed by atoms with van der Waals surface area (Å²) in [4.78, 5) is 4.25. The summed E-state index contributed by atoms with van der Waals surface area (Å²) in [5.41, 5.74) is 1.83. The molecule has 1 aliphatic rings. The molecule has 3 rings (SSSR count). The van der Waals surface area contributed by atoms with Crippen LogP contribution in [0.1, 0.15) is 37.2 Å². The Balaban J connectivity index is 2.12. The molecule has 1 aliphatic carbocycles. The Hall–Kier alpha value is -1.48. The Morgan fingerprint density at radius 3 is 2.83 bits per heavy atom. The van der Waals surface area contributed by atoms with Crippen molar-refractivity contribution in [1.29, 1.82) is 0 Å². The summed E-state index contributed by atoms with van der Waals surface area (Å²) >= 11 is 0. The maximum Gasteiger partial charge on any atom is 0.123 e. The van der Waals surface area contributed by atoms with Crippen molar-refractivity contribution in [2.75, 3.05) is 0 Å². The van der Waals surface area contributed by atoms with Gasteiger partial charge >= 0.3 is 0 Å². The van der Waals surface area contributed by atoms with Gasteiger partial charge in [0.05, 0.1) is 11.6 Å². The number of nitrogens with zero attached hydrogens (tertiary/aromatic N) is 1. The smallest absolute Gasteiger partial charge is 0.123 e. The molecule has 1 N–H and O–H groups in total. The van der Waals surface area contributed by atoms with E-state index in [1.165, 1.54) is 12.1 Å². The molecule has 0 saturated heterocycles. The van der Waals surface area contributed by atoms with Crippen LogP contribution in [0.2, 0.25) is 0 Å². The van der Waals surface area contributed by atoms with Gasteiger partial charge in [0.15, 0.2) is 0 Å². The molecule has 0 radical (unpaired) electrons. The molecular weight excluding hydrogens is 229 g/mol. The van der Waals surface area contributed by atoms with Gasteiger partial charge in [-0.3, -0.25) is 4.98 Å². The molecule has 0 amide bonds. The van der Waals surface area contributed by atoms with Crippen molar-refractivity contribution >= 4 is 10.9 Å². The van der Waals surface area contributed by atoms with Crippen LogP contribution in [0, 0.1) is 5.82 Å². The van der Waals surface area contributed by atoms with Crippen LogP contribution in [0.4, 0.5) is 4.39 Å². The highest BCUT2D eigenvalue weighted by Crippen LogP contribution is 2.36. The van der Waals surface area contributed by atoms with Crippen molar-refractivity contribution in [2.24, 2.45) is 0 Å². The topological polar surface area (TPSA) is 33.1 Å². The highest BCUT2D eigenvalue weighted by molar-refractivity contribution is 5.82. The van der Waals surface area contributed by atoms with Crippen LogP contribution in [-0.4, -0.2) is 16.2 Å². The molecular formula is C15H16FNO. The van der Waals surface area contributed by atoms with E-state index in [0.717, 1.165) is 42.1 Å². The predicted octanol–water partition coefficient (Wildman–Crippen LogP) is 3.39. The van der Waals surface area contributed by atoms with E-state index < -0.39 is 0 Å². The number of pyridine rings is 1. The fourth-order valence-electron chi connectivity index (χ4n) is 2.94. The fourth-order valence-corrected chi connectivity index (χ4v) is 2.94. The minimum atomic E-state index is -0.312. The van der Waals surface area contributed by atoms with Crippen molar-refractivity contribution in [3.05, 3.63) is 41.8 Å². The second kappa shape index (κ2) is 4.65. The van der Waals surface area contributed by atoms with Gasteiger partial charge in [-0.15, -0.1) is 0 Å². The first-order chi connectivity index (χ1) is 8.75. The maximum absolute atomic E-state index is 13.4. The predicted molar refractivity (Wildman–Crippen MR) is 68.9 cm³/mol. The van der Waals surface area contributed by atoms with E-state index in [4.69, 9.17) is 0 Å². The quantitative estimate of drug-likeness (QED) is 0.835. The first kappa shape index (κ1) is 11.6. The summed E-state index contributed by atoms with van der Waals surface area (Å²) in [5, 5.41) is 11.0. The first-order valence-corrected chi connectivity index (χ1v) is 6.48. The summed E-state index contributed by atoms with van der Waals surface area (Å²) in [5.74, 6) is -0.131. The maximum atomic E-state index is 13.4. The molecule has 0 spiro atoms. The summed E-state index contributed by atoms with van der Waals surface area (Å²) in [6.07, 6.45) is 5.44. The molecule has 2 nitrogen and oxygen atoms in total. The van der Waals surface area contributed by atoms with Crippen molar-refractivity contribution in [2.45, 2.75) is 37.7 Å². The summed E-state index contributed by atoms with van der Waals surface area (Å²) in [6, 6.07) is 6.57. The second-order valence-electron chi connectivity index (χ2n) is 5.02. The largest absolute Gasteiger partial charge is 0.392 e. The van der Waals surface area contributed by atoms with Gasteiger partial charge in [-0.1, -0.05) is 12.8 Å². The Morgan fingerprint density at radius 2 is 2.00 bits per heavy atom. The van der Waals surface area contributed by atoms with E-state index in [2.05, 4.69) is 4.98 Å². The lowest BCUT2D eigenvalue weighted by Crippen LogP contribution is -2.22. The molecule has 2 aromatic rings. The molecule has 3 heteroatoms. The number of hydrogen-bond acceptors (Lipinski definition) is 2. The Labute approximate surface area is 105 Å². The van der Waals surface area contributed by atoms with Gasteiger partial charge in [0.1, 0.15) is 5.82 Å². The molecule has 1 fully saturated rings. The van der Waals surface area contributed by atoms with Crippen LogP contribution in [-0.2, 0) is 0 Å². The van der Waals surface area contributed by atoms with Gasteiger partial charge in [0, 0.05) is 17.5 Å². The van der Waals surface area contributed by atoms with Crippen molar-refractivity contribution < 1.29 is 9.50 Å². The SMILES string of the molecule is O[C@@H]1CCCC[C@@H]1c1ccnc2ccc(F)cc12. The monoisotopic (exact) mass is 245 g/mol. The zero-order chi connectivity index (χ0) is 12.5. The van der Waals surface area contributed by atoms with Gasteiger partial charge in [-0.05, 0) is 42.7 Å². The number of fused-ring (bicyclic) bond motifs is 1. The van der Waals surface area contributed by atoms with Crippen LogP contribution in [0.5, 0.6) is 0 Å². The lowest BCUT2D eigenvalue weighted by atomic mass is 9.80. The van der Waals surface area contributed by atoms with Gasteiger partial charge in [0.25, 0.3) is 0 Å². The van der Waals surface area contributed by atoms with Gasteiger partial charge in [-0.25, -0.2) is 4.39 Å². The van der Waals surface area contributed by atoms with Crippen molar-refractivity contribution in [3.8, 4) is 0 Å². The fraction of sp³-hybridized carbons (Fsp3) is 0.400. The van der Waals surface area contributed by atoms with Crippen LogP contribution >= 0.6 is 0 Å². The number of halogens is 1. The van der Waals surface area contributed by atoms with E-state index in [1.54, 1.807) is 12.3 Å². The van der Waals surface area contributed by atoms with Crippen LogP contribution in [0.15, 0.2) is 30.5 Å². The normalized spacial score (nSPS) is 24.3. The Bertz CT molecular complexity index is 569.